The van der Waals surface area contributed by atoms with Crippen LogP contribution in [-0.4, -0.2) is 5.78 Å². The summed E-state index contributed by atoms with van der Waals surface area (Å²) >= 11 is 6.44. The largest absolute Gasteiger partial charge is 0.289 e. The van der Waals surface area contributed by atoms with E-state index in [4.69, 9.17) is 0 Å². The van der Waals surface area contributed by atoms with Gasteiger partial charge in [0.05, 0.1) is 4.47 Å². The van der Waals surface area contributed by atoms with Crippen molar-refractivity contribution < 1.29 is 9.18 Å². The summed E-state index contributed by atoms with van der Waals surface area (Å²) in [6.45, 7) is 1.87. The van der Waals surface area contributed by atoms with Crippen molar-refractivity contribution in [1.29, 1.82) is 0 Å². The van der Waals surface area contributed by atoms with Gasteiger partial charge in [0, 0.05) is 15.6 Å². The van der Waals surface area contributed by atoms with Gasteiger partial charge in [-0.15, -0.1) is 0 Å². The lowest BCUT2D eigenvalue weighted by molar-refractivity contribution is 0.103. The lowest BCUT2D eigenvalue weighted by Crippen LogP contribution is -2.04. The van der Waals surface area contributed by atoms with Crippen LogP contribution in [0.3, 0.4) is 0 Å². The first kappa shape index (κ1) is 13.4. The van der Waals surface area contributed by atoms with E-state index < -0.39 is 0 Å². The van der Waals surface area contributed by atoms with Gasteiger partial charge in [0.25, 0.3) is 0 Å². The molecule has 2 aromatic carbocycles. The Balaban J connectivity index is 2.44. The van der Waals surface area contributed by atoms with Gasteiger partial charge < -0.3 is 0 Å². The Morgan fingerprint density at radius 2 is 1.83 bits per heavy atom. The summed E-state index contributed by atoms with van der Waals surface area (Å²) in [6.07, 6.45) is 0. The molecule has 0 aliphatic rings. The van der Waals surface area contributed by atoms with Gasteiger partial charge in [-0.2, -0.15) is 0 Å². The van der Waals surface area contributed by atoms with Crippen LogP contribution in [0.5, 0.6) is 0 Å². The van der Waals surface area contributed by atoms with Crippen LogP contribution in [0.1, 0.15) is 21.5 Å². The standard InChI is InChI=1S/C14H9Br2FO/c1-8-6-10(15)3-4-11(8)14(18)9-2-5-13(17)12(16)7-9/h2-7H,1H3. The highest BCUT2D eigenvalue weighted by Crippen LogP contribution is 2.22. The van der Waals surface area contributed by atoms with Gasteiger partial charge in [0.1, 0.15) is 5.82 Å². The molecule has 0 radical (unpaired) electrons. The molecule has 0 heterocycles. The molecule has 0 N–H and O–H groups in total. The monoisotopic (exact) mass is 370 g/mol. The molecule has 0 fully saturated rings. The van der Waals surface area contributed by atoms with Crippen molar-refractivity contribution in [2.75, 3.05) is 0 Å². The van der Waals surface area contributed by atoms with Crippen LogP contribution in [0.15, 0.2) is 45.3 Å². The van der Waals surface area contributed by atoms with Crippen LogP contribution >= 0.6 is 31.9 Å². The Morgan fingerprint density at radius 3 is 2.44 bits per heavy atom. The van der Waals surface area contributed by atoms with Crippen molar-refractivity contribution in [1.82, 2.24) is 0 Å². The van der Waals surface area contributed by atoms with Crippen LogP contribution in [-0.2, 0) is 0 Å². The summed E-state index contributed by atoms with van der Waals surface area (Å²) < 4.78 is 14.4. The Hall–Kier alpha value is -1.00. The molecule has 0 aromatic heterocycles. The van der Waals surface area contributed by atoms with E-state index in [-0.39, 0.29) is 11.6 Å². The highest BCUT2D eigenvalue weighted by molar-refractivity contribution is 9.10. The van der Waals surface area contributed by atoms with E-state index >= 15 is 0 Å². The van der Waals surface area contributed by atoms with Crippen LogP contribution in [0.2, 0.25) is 0 Å². The first-order valence-corrected chi connectivity index (χ1v) is 6.83. The lowest BCUT2D eigenvalue weighted by Gasteiger charge is -2.06. The SMILES string of the molecule is Cc1cc(Br)ccc1C(=O)c1ccc(F)c(Br)c1. The van der Waals surface area contributed by atoms with Gasteiger partial charge in [0.15, 0.2) is 5.78 Å². The molecule has 0 aliphatic heterocycles. The molecule has 0 atom stereocenters. The molecule has 0 bridgehead atoms. The summed E-state index contributed by atoms with van der Waals surface area (Å²) in [5.74, 6) is -0.486. The Labute approximate surface area is 121 Å². The van der Waals surface area contributed by atoms with Gasteiger partial charge in [-0.05, 0) is 64.8 Å². The number of halogens is 3. The number of hydrogen-bond acceptors (Lipinski definition) is 1. The predicted octanol–water partition coefficient (Wildman–Crippen LogP) is 4.89. The smallest absolute Gasteiger partial charge is 0.193 e. The molecule has 2 aromatic rings. The summed E-state index contributed by atoms with van der Waals surface area (Å²) in [5, 5.41) is 0. The van der Waals surface area contributed by atoms with Gasteiger partial charge >= 0.3 is 0 Å². The first-order chi connectivity index (χ1) is 8.49. The number of hydrogen-bond donors (Lipinski definition) is 0. The average molecular weight is 372 g/mol. The molecule has 18 heavy (non-hydrogen) atoms. The minimum Gasteiger partial charge on any atom is -0.289 e. The number of carbonyl (C=O) groups excluding carboxylic acids is 1. The van der Waals surface area contributed by atoms with Crippen LogP contribution < -0.4 is 0 Å². The van der Waals surface area contributed by atoms with Crippen LogP contribution in [0.25, 0.3) is 0 Å². The Bertz CT molecular complexity index is 623. The Morgan fingerprint density at radius 1 is 1.11 bits per heavy atom. The number of benzene rings is 2. The molecule has 0 unspecified atom stereocenters. The molecule has 0 spiro atoms. The predicted molar refractivity (Wildman–Crippen MR) is 76.4 cm³/mol. The zero-order valence-corrected chi connectivity index (χ0v) is 12.7. The summed E-state index contributed by atoms with van der Waals surface area (Å²) in [5.41, 5.74) is 1.97. The zero-order valence-electron chi connectivity index (χ0n) is 9.51. The van der Waals surface area contributed by atoms with Crippen molar-refractivity contribution in [2.45, 2.75) is 6.92 Å². The van der Waals surface area contributed by atoms with Crippen LogP contribution in [0, 0.1) is 12.7 Å². The van der Waals surface area contributed by atoms with Crippen molar-refractivity contribution in [3.63, 3.8) is 0 Å². The second-order valence-corrected chi connectivity index (χ2v) is 5.69. The quantitative estimate of drug-likeness (QED) is 0.687. The molecule has 0 saturated carbocycles. The number of carbonyl (C=O) groups is 1. The molecular formula is C14H9Br2FO. The third-order valence-electron chi connectivity index (χ3n) is 2.61. The van der Waals surface area contributed by atoms with E-state index in [1.807, 2.05) is 19.1 Å². The van der Waals surface area contributed by atoms with E-state index in [0.717, 1.165) is 10.0 Å². The third-order valence-corrected chi connectivity index (χ3v) is 3.72. The molecular weight excluding hydrogens is 363 g/mol. The third kappa shape index (κ3) is 2.70. The maximum atomic E-state index is 13.1. The first-order valence-electron chi connectivity index (χ1n) is 5.25. The highest BCUT2D eigenvalue weighted by atomic mass is 79.9. The van der Waals surface area contributed by atoms with E-state index in [1.54, 1.807) is 6.07 Å². The summed E-state index contributed by atoms with van der Waals surface area (Å²) in [7, 11) is 0. The van der Waals surface area contributed by atoms with E-state index in [9.17, 15) is 9.18 Å². The van der Waals surface area contributed by atoms with Gasteiger partial charge in [-0.25, -0.2) is 4.39 Å². The van der Waals surface area contributed by atoms with Gasteiger partial charge in [0.2, 0.25) is 0 Å². The average Bonchev–Trinajstić information content (AvgIpc) is 2.32. The maximum Gasteiger partial charge on any atom is 0.193 e. The highest BCUT2D eigenvalue weighted by Gasteiger charge is 2.13. The summed E-state index contributed by atoms with van der Waals surface area (Å²) in [6, 6.07) is 9.73. The minimum atomic E-state index is -0.376. The topological polar surface area (TPSA) is 17.1 Å². The minimum absolute atomic E-state index is 0.110. The lowest BCUT2D eigenvalue weighted by atomic mass is 9.99. The van der Waals surface area contributed by atoms with Crippen molar-refractivity contribution in [3.8, 4) is 0 Å². The normalized spacial score (nSPS) is 10.4. The van der Waals surface area contributed by atoms with Crippen molar-refractivity contribution >= 4 is 37.6 Å². The van der Waals surface area contributed by atoms with Crippen molar-refractivity contribution in [2.24, 2.45) is 0 Å². The number of ketones is 1. The molecule has 1 nitrogen and oxygen atoms in total. The molecule has 0 amide bonds. The molecule has 4 heteroatoms. The molecule has 0 aliphatic carbocycles. The van der Waals surface area contributed by atoms with E-state index in [0.29, 0.717) is 15.6 Å². The molecule has 2 rings (SSSR count). The van der Waals surface area contributed by atoms with Gasteiger partial charge in [-0.3, -0.25) is 4.79 Å². The summed E-state index contributed by atoms with van der Waals surface area (Å²) in [4.78, 5) is 12.3. The van der Waals surface area contributed by atoms with E-state index in [2.05, 4.69) is 31.9 Å². The van der Waals surface area contributed by atoms with Crippen molar-refractivity contribution in [3.05, 3.63) is 67.9 Å². The fraction of sp³-hybridized carbons (Fsp3) is 0.0714. The Kier molecular flexibility index (Phi) is 3.97. The number of aryl methyl sites for hydroxylation is 1. The van der Waals surface area contributed by atoms with E-state index in [1.165, 1.54) is 18.2 Å². The maximum absolute atomic E-state index is 13.1. The number of rotatable bonds is 2. The zero-order chi connectivity index (χ0) is 13.3. The fourth-order valence-corrected chi connectivity index (χ4v) is 2.53. The molecule has 92 valence electrons. The fourth-order valence-electron chi connectivity index (χ4n) is 1.67. The second kappa shape index (κ2) is 5.33. The molecule has 0 saturated heterocycles. The van der Waals surface area contributed by atoms with Gasteiger partial charge in [-0.1, -0.05) is 15.9 Å². The van der Waals surface area contributed by atoms with Crippen LogP contribution in [0.4, 0.5) is 4.39 Å². The second-order valence-electron chi connectivity index (χ2n) is 3.92.